The fourth-order valence-corrected chi connectivity index (χ4v) is 5.73. The number of rotatable bonds is 4. The van der Waals surface area contributed by atoms with Crippen LogP contribution in [0.1, 0.15) is 46.6 Å². The zero-order valence-corrected chi connectivity index (χ0v) is 23.8. The Hall–Kier alpha value is -4.28. The molecule has 2 bridgehead atoms. The van der Waals surface area contributed by atoms with Gasteiger partial charge >= 0.3 is 0 Å². The van der Waals surface area contributed by atoms with E-state index in [2.05, 4.69) is 10.4 Å². The van der Waals surface area contributed by atoms with Gasteiger partial charge in [0.05, 0.1) is 24.6 Å². The second-order valence-electron chi connectivity index (χ2n) is 10.7. The molecule has 1 N–H and O–H groups in total. The van der Waals surface area contributed by atoms with Crippen LogP contribution in [0.5, 0.6) is 5.75 Å². The Morgan fingerprint density at radius 3 is 2.64 bits per heavy atom. The molecule has 11 heteroatoms. The van der Waals surface area contributed by atoms with E-state index >= 15 is 0 Å². The first-order valence-electron chi connectivity index (χ1n) is 14.3. The summed E-state index contributed by atoms with van der Waals surface area (Å²) in [6, 6.07) is 13.0. The fraction of sp³-hybridized carbons (Fsp3) is 0.419. The summed E-state index contributed by atoms with van der Waals surface area (Å²) in [4.78, 5) is 43.3. The molecule has 1 saturated heterocycles. The molecule has 9 nitrogen and oxygen atoms in total. The van der Waals surface area contributed by atoms with Crippen molar-refractivity contribution < 1.29 is 27.9 Å². The Morgan fingerprint density at radius 1 is 1.05 bits per heavy atom. The van der Waals surface area contributed by atoms with E-state index in [0.29, 0.717) is 44.0 Å². The van der Waals surface area contributed by atoms with Crippen LogP contribution in [0.3, 0.4) is 0 Å². The quantitative estimate of drug-likeness (QED) is 0.512. The van der Waals surface area contributed by atoms with Gasteiger partial charge in [-0.15, -0.1) is 0 Å². The number of amides is 3. The summed E-state index contributed by atoms with van der Waals surface area (Å²) in [5, 5.41) is 7.39. The number of carbonyl (C=O) groups is 3. The van der Waals surface area contributed by atoms with Crippen LogP contribution in [0.4, 0.5) is 8.78 Å². The van der Waals surface area contributed by atoms with E-state index in [-0.39, 0.29) is 55.3 Å². The number of nitrogens with zero attached hydrogens (tertiary/aromatic N) is 4. The highest BCUT2D eigenvalue weighted by Crippen LogP contribution is 2.35. The Labute approximate surface area is 243 Å². The summed E-state index contributed by atoms with van der Waals surface area (Å²) < 4.78 is 35.7. The van der Waals surface area contributed by atoms with Gasteiger partial charge in [-0.1, -0.05) is 24.3 Å². The van der Waals surface area contributed by atoms with Crippen molar-refractivity contribution in [1.29, 1.82) is 0 Å². The molecule has 0 saturated carbocycles. The van der Waals surface area contributed by atoms with E-state index in [1.165, 1.54) is 12.1 Å². The van der Waals surface area contributed by atoms with Crippen LogP contribution in [0.15, 0.2) is 48.5 Å². The lowest BCUT2D eigenvalue weighted by Crippen LogP contribution is -2.40. The van der Waals surface area contributed by atoms with Gasteiger partial charge in [-0.25, -0.2) is 8.78 Å². The zero-order chi connectivity index (χ0) is 29.8. The molecular formula is C31H35F2N5O4. The third kappa shape index (κ3) is 6.29. The number of ether oxygens (including phenoxy) is 1. The second kappa shape index (κ2) is 12.7. The van der Waals surface area contributed by atoms with Gasteiger partial charge < -0.3 is 19.9 Å². The molecule has 2 aromatic carbocycles. The summed E-state index contributed by atoms with van der Waals surface area (Å²) in [6.07, 6.45) is 0.231. The normalized spacial score (nSPS) is 19.5. The summed E-state index contributed by atoms with van der Waals surface area (Å²) in [7, 11) is 0. The molecule has 3 heterocycles. The second-order valence-corrected chi connectivity index (χ2v) is 10.7. The number of hydrogen-bond acceptors (Lipinski definition) is 5. The Kier molecular flexibility index (Phi) is 8.84. The monoisotopic (exact) mass is 579 g/mol. The van der Waals surface area contributed by atoms with Crippen molar-refractivity contribution in [2.45, 2.75) is 39.2 Å². The SMILES string of the molecule is CCn1nc(C)cc1C(=O)N1CCCNC(=O)[C@H]2CN(C(=O)Cc3cccc(F)c3F)C[C@@H]2c2cccc(c2)OCC1. The maximum Gasteiger partial charge on any atom is 0.272 e. The van der Waals surface area contributed by atoms with Gasteiger partial charge in [-0.3, -0.25) is 19.1 Å². The number of nitrogens with one attached hydrogen (secondary N) is 1. The molecule has 0 spiro atoms. The van der Waals surface area contributed by atoms with Crippen LogP contribution in [-0.2, 0) is 22.6 Å². The van der Waals surface area contributed by atoms with Gasteiger partial charge in [0, 0.05) is 44.2 Å². The Bertz CT molecular complexity index is 1480. The third-order valence-electron chi connectivity index (χ3n) is 7.91. The van der Waals surface area contributed by atoms with Gasteiger partial charge in [0.15, 0.2) is 11.6 Å². The number of aryl methyl sites for hydroxylation is 2. The molecule has 1 aromatic heterocycles. The predicted octanol–water partition coefficient (Wildman–Crippen LogP) is 3.32. The highest BCUT2D eigenvalue weighted by atomic mass is 19.2. The molecule has 2 atom stereocenters. The van der Waals surface area contributed by atoms with Crippen molar-refractivity contribution in [2.24, 2.45) is 5.92 Å². The highest BCUT2D eigenvalue weighted by Gasteiger charge is 2.40. The summed E-state index contributed by atoms with van der Waals surface area (Å²) in [6.45, 7) is 6.17. The van der Waals surface area contributed by atoms with Gasteiger partial charge in [0.25, 0.3) is 5.91 Å². The summed E-state index contributed by atoms with van der Waals surface area (Å²) >= 11 is 0. The first kappa shape index (κ1) is 29.2. The fourth-order valence-electron chi connectivity index (χ4n) is 5.73. The minimum atomic E-state index is -1.03. The molecular weight excluding hydrogens is 544 g/mol. The van der Waals surface area contributed by atoms with Crippen LogP contribution < -0.4 is 10.1 Å². The van der Waals surface area contributed by atoms with Gasteiger partial charge in [-0.05, 0) is 50.1 Å². The van der Waals surface area contributed by atoms with Gasteiger partial charge in [0.2, 0.25) is 11.8 Å². The zero-order valence-electron chi connectivity index (χ0n) is 23.8. The Morgan fingerprint density at radius 2 is 1.83 bits per heavy atom. The van der Waals surface area contributed by atoms with E-state index in [0.717, 1.165) is 17.3 Å². The highest BCUT2D eigenvalue weighted by molar-refractivity contribution is 5.92. The van der Waals surface area contributed by atoms with E-state index in [1.807, 2.05) is 38.1 Å². The molecule has 0 aliphatic carbocycles. The topological polar surface area (TPSA) is 96.8 Å². The van der Waals surface area contributed by atoms with Crippen LogP contribution >= 0.6 is 0 Å². The number of aromatic nitrogens is 2. The number of likely N-dealkylation sites (tertiary alicyclic amines) is 1. The van der Waals surface area contributed by atoms with E-state index in [1.54, 1.807) is 20.5 Å². The van der Waals surface area contributed by atoms with Crippen molar-refractivity contribution in [3.05, 3.63) is 82.7 Å². The largest absolute Gasteiger partial charge is 0.492 e. The van der Waals surface area contributed by atoms with Gasteiger partial charge in [0.1, 0.15) is 18.1 Å². The molecule has 222 valence electrons. The smallest absolute Gasteiger partial charge is 0.272 e. The first-order chi connectivity index (χ1) is 20.2. The molecule has 2 aliphatic rings. The number of halogens is 2. The number of hydrogen-bond donors (Lipinski definition) is 1. The Balaban J connectivity index is 1.33. The number of carbonyl (C=O) groups excluding carboxylic acids is 3. The number of benzene rings is 2. The van der Waals surface area contributed by atoms with E-state index < -0.39 is 17.6 Å². The molecule has 1 fully saturated rings. The minimum absolute atomic E-state index is 0.0190. The lowest BCUT2D eigenvalue weighted by Gasteiger charge is -2.24. The molecule has 5 rings (SSSR count). The molecule has 0 unspecified atom stereocenters. The average Bonchev–Trinajstić information content (AvgIpc) is 3.60. The van der Waals surface area contributed by atoms with Crippen molar-refractivity contribution in [2.75, 3.05) is 39.3 Å². The number of fused-ring (bicyclic) bond motifs is 4. The predicted molar refractivity (Wildman–Crippen MR) is 151 cm³/mol. The molecule has 3 aromatic rings. The van der Waals surface area contributed by atoms with Crippen molar-refractivity contribution in [3.8, 4) is 5.75 Å². The van der Waals surface area contributed by atoms with Crippen LogP contribution in [0.25, 0.3) is 0 Å². The molecule has 2 aliphatic heterocycles. The van der Waals surface area contributed by atoms with Crippen molar-refractivity contribution in [3.63, 3.8) is 0 Å². The maximum absolute atomic E-state index is 14.3. The van der Waals surface area contributed by atoms with E-state index in [4.69, 9.17) is 4.74 Å². The lowest BCUT2D eigenvalue weighted by molar-refractivity contribution is -0.130. The standard InChI is InChI=1S/C31H35F2N5O4/c1-3-38-27(15-20(2)35-38)31(41)36-12-6-11-34-30(40)25-19-37(28(39)17-22-8-5-10-26(32)29(22)33)18-24(25)21-7-4-9-23(16-21)42-14-13-36/h4-5,7-10,15-16,24-25H,3,6,11-14,17-19H2,1-2H3,(H,34,40)/t24-,25+/m1/s1. The summed E-state index contributed by atoms with van der Waals surface area (Å²) in [5.41, 5.74) is 2.10. The van der Waals surface area contributed by atoms with Crippen LogP contribution in [0.2, 0.25) is 0 Å². The molecule has 3 amide bonds. The van der Waals surface area contributed by atoms with Gasteiger partial charge in [-0.2, -0.15) is 5.10 Å². The van der Waals surface area contributed by atoms with Crippen LogP contribution in [0, 0.1) is 24.5 Å². The molecule has 0 radical (unpaired) electrons. The summed E-state index contributed by atoms with van der Waals surface area (Å²) in [5.74, 6) is -3.00. The van der Waals surface area contributed by atoms with Crippen LogP contribution in [-0.4, -0.2) is 76.6 Å². The van der Waals surface area contributed by atoms with Crippen molar-refractivity contribution >= 4 is 17.7 Å². The van der Waals surface area contributed by atoms with Crippen molar-refractivity contribution in [1.82, 2.24) is 24.9 Å². The lowest BCUT2D eigenvalue weighted by atomic mass is 9.88. The molecule has 42 heavy (non-hydrogen) atoms. The first-order valence-corrected chi connectivity index (χ1v) is 14.3. The van der Waals surface area contributed by atoms with E-state index in [9.17, 15) is 23.2 Å². The third-order valence-corrected chi connectivity index (χ3v) is 7.91. The maximum atomic E-state index is 14.3. The average molecular weight is 580 g/mol. The minimum Gasteiger partial charge on any atom is -0.492 e.